The Kier molecular flexibility index (Phi) is 5.99. The number of nitrogens with zero attached hydrogens (tertiary/aromatic N) is 2. The van der Waals surface area contributed by atoms with E-state index >= 15 is 0 Å². The predicted molar refractivity (Wildman–Crippen MR) is 93.1 cm³/mol. The maximum atomic E-state index is 12.6. The molecule has 1 saturated heterocycles. The summed E-state index contributed by atoms with van der Waals surface area (Å²) in [5.41, 5.74) is 0.491. The average Bonchev–Trinajstić information content (AvgIpc) is 2.59. The van der Waals surface area contributed by atoms with Gasteiger partial charge in [0.2, 0.25) is 10.0 Å². The van der Waals surface area contributed by atoms with E-state index in [0.29, 0.717) is 18.2 Å². The molecular formula is C17H23N3O3S. The number of nitrogens with one attached hydrogen (secondary N) is 1. The minimum absolute atomic E-state index is 0.0667. The van der Waals surface area contributed by atoms with Crippen molar-refractivity contribution in [3.8, 4) is 12.3 Å². The summed E-state index contributed by atoms with van der Waals surface area (Å²) in [7, 11) is 0.397. The third-order valence-corrected chi connectivity index (χ3v) is 5.61. The van der Waals surface area contributed by atoms with Crippen molar-refractivity contribution in [1.82, 2.24) is 14.5 Å². The molecule has 0 aromatic heterocycles. The third kappa shape index (κ3) is 4.35. The van der Waals surface area contributed by atoms with Crippen LogP contribution < -0.4 is 4.72 Å². The molecule has 1 atom stereocenters. The highest BCUT2D eigenvalue weighted by molar-refractivity contribution is 7.89. The fourth-order valence-electron chi connectivity index (χ4n) is 2.74. The number of benzene rings is 1. The lowest BCUT2D eigenvalue weighted by atomic mass is 10.0. The molecule has 0 radical (unpaired) electrons. The van der Waals surface area contributed by atoms with Gasteiger partial charge < -0.3 is 9.80 Å². The number of carbonyl (C=O) groups excluding carboxylic acids is 1. The molecule has 0 spiro atoms. The van der Waals surface area contributed by atoms with E-state index in [2.05, 4.69) is 15.5 Å². The predicted octanol–water partition coefficient (Wildman–Crippen LogP) is 0.764. The molecule has 0 saturated carbocycles. The number of hydrogen-bond acceptors (Lipinski definition) is 4. The fourth-order valence-corrected chi connectivity index (χ4v) is 3.67. The lowest BCUT2D eigenvalue weighted by Gasteiger charge is -2.36. The van der Waals surface area contributed by atoms with Crippen molar-refractivity contribution < 1.29 is 13.2 Å². The quantitative estimate of drug-likeness (QED) is 0.797. The van der Waals surface area contributed by atoms with E-state index in [9.17, 15) is 13.2 Å². The molecule has 0 unspecified atom stereocenters. The standard InChI is InChI=1S/C17H23N3O3S/c1-4-11-18-24(22,23)16-9-7-14(8-10-16)17(21)20-12-5-6-15(13-20)19(2)3/h1,7-10,15,18H,5-6,11-13H2,2-3H3/t15-/m1/s1. The van der Waals surface area contributed by atoms with E-state index in [4.69, 9.17) is 6.42 Å². The zero-order chi connectivity index (χ0) is 17.7. The first kappa shape index (κ1) is 18.5. The molecule has 2 rings (SSSR count). The number of terminal acetylenes is 1. The van der Waals surface area contributed by atoms with E-state index in [1.807, 2.05) is 19.0 Å². The zero-order valence-electron chi connectivity index (χ0n) is 14.0. The van der Waals surface area contributed by atoms with E-state index in [-0.39, 0.29) is 17.3 Å². The van der Waals surface area contributed by atoms with Gasteiger partial charge in [-0.2, -0.15) is 4.72 Å². The van der Waals surface area contributed by atoms with E-state index in [1.165, 1.54) is 12.1 Å². The molecule has 1 N–H and O–H groups in total. The van der Waals surface area contributed by atoms with Gasteiger partial charge in [0, 0.05) is 24.7 Å². The van der Waals surface area contributed by atoms with Crippen LogP contribution in [0.3, 0.4) is 0 Å². The summed E-state index contributed by atoms with van der Waals surface area (Å²) in [5.74, 6) is 2.16. The minimum Gasteiger partial charge on any atom is -0.337 e. The van der Waals surface area contributed by atoms with Crippen LogP contribution in [0, 0.1) is 12.3 Å². The summed E-state index contributed by atoms with van der Waals surface area (Å²) in [6, 6.07) is 6.31. The van der Waals surface area contributed by atoms with Crippen molar-refractivity contribution >= 4 is 15.9 Å². The van der Waals surface area contributed by atoms with Gasteiger partial charge in [-0.25, -0.2) is 8.42 Å². The second-order valence-electron chi connectivity index (χ2n) is 6.06. The Hall–Kier alpha value is -1.88. The van der Waals surface area contributed by atoms with Crippen LogP contribution in [0.1, 0.15) is 23.2 Å². The summed E-state index contributed by atoms with van der Waals surface area (Å²) in [4.78, 5) is 16.7. The van der Waals surface area contributed by atoms with Crippen molar-refractivity contribution in [3.63, 3.8) is 0 Å². The minimum atomic E-state index is -3.63. The number of amides is 1. The fraction of sp³-hybridized carbons (Fsp3) is 0.471. The Labute approximate surface area is 143 Å². The summed E-state index contributed by atoms with van der Waals surface area (Å²) in [6.07, 6.45) is 7.11. The largest absolute Gasteiger partial charge is 0.337 e. The number of likely N-dealkylation sites (N-methyl/N-ethyl adjacent to an activating group) is 1. The second-order valence-corrected chi connectivity index (χ2v) is 7.83. The Morgan fingerprint density at radius 1 is 1.38 bits per heavy atom. The number of hydrogen-bond donors (Lipinski definition) is 1. The van der Waals surface area contributed by atoms with Crippen molar-refractivity contribution in [2.24, 2.45) is 0 Å². The average molecular weight is 349 g/mol. The molecule has 1 fully saturated rings. The molecule has 6 nitrogen and oxygen atoms in total. The molecule has 1 aliphatic rings. The first-order valence-electron chi connectivity index (χ1n) is 7.84. The molecule has 1 heterocycles. The molecule has 24 heavy (non-hydrogen) atoms. The highest BCUT2D eigenvalue weighted by Crippen LogP contribution is 2.18. The van der Waals surface area contributed by atoms with Crippen LogP contribution in [0.25, 0.3) is 0 Å². The van der Waals surface area contributed by atoms with Crippen molar-refractivity contribution in [3.05, 3.63) is 29.8 Å². The van der Waals surface area contributed by atoms with Crippen LogP contribution in [-0.4, -0.2) is 63.9 Å². The van der Waals surface area contributed by atoms with Crippen LogP contribution in [0.4, 0.5) is 0 Å². The summed E-state index contributed by atoms with van der Waals surface area (Å²) >= 11 is 0. The van der Waals surface area contributed by atoms with E-state index in [1.54, 1.807) is 12.1 Å². The normalized spacial score (nSPS) is 18.4. The van der Waals surface area contributed by atoms with Crippen molar-refractivity contribution in [2.45, 2.75) is 23.8 Å². The number of piperidine rings is 1. The van der Waals surface area contributed by atoms with Gasteiger partial charge in [-0.1, -0.05) is 5.92 Å². The summed E-state index contributed by atoms with van der Waals surface area (Å²) < 4.78 is 26.3. The first-order chi connectivity index (χ1) is 11.3. The molecule has 0 bridgehead atoms. The number of rotatable bonds is 5. The molecule has 1 amide bonds. The summed E-state index contributed by atoms with van der Waals surface area (Å²) in [6.45, 7) is 1.35. The van der Waals surface area contributed by atoms with Crippen LogP contribution in [0.5, 0.6) is 0 Å². The van der Waals surface area contributed by atoms with Gasteiger partial charge in [0.05, 0.1) is 11.4 Å². The zero-order valence-corrected chi connectivity index (χ0v) is 14.8. The molecule has 1 aliphatic heterocycles. The highest BCUT2D eigenvalue weighted by atomic mass is 32.2. The van der Waals surface area contributed by atoms with Crippen LogP contribution in [-0.2, 0) is 10.0 Å². The van der Waals surface area contributed by atoms with Gasteiger partial charge in [-0.3, -0.25) is 4.79 Å². The lowest BCUT2D eigenvalue weighted by Crippen LogP contribution is -2.47. The molecular weight excluding hydrogens is 326 g/mol. The van der Waals surface area contributed by atoms with Gasteiger partial charge in [0.25, 0.3) is 5.91 Å². The molecule has 7 heteroatoms. The number of carbonyl (C=O) groups is 1. The van der Waals surface area contributed by atoms with Gasteiger partial charge in [0.15, 0.2) is 0 Å². The smallest absolute Gasteiger partial charge is 0.253 e. The van der Waals surface area contributed by atoms with Crippen LogP contribution >= 0.6 is 0 Å². The van der Waals surface area contributed by atoms with E-state index < -0.39 is 10.0 Å². The van der Waals surface area contributed by atoms with Crippen molar-refractivity contribution in [1.29, 1.82) is 0 Å². The van der Waals surface area contributed by atoms with Gasteiger partial charge in [-0.15, -0.1) is 6.42 Å². The van der Waals surface area contributed by atoms with E-state index in [0.717, 1.165) is 19.4 Å². The van der Waals surface area contributed by atoms with Crippen LogP contribution in [0.15, 0.2) is 29.2 Å². The highest BCUT2D eigenvalue weighted by Gasteiger charge is 2.25. The Balaban J connectivity index is 2.10. The number of likely N-dealkylation sites (tertiary alicyclic amines) is 1. The first-order valence-corrected chi connectivity index (χ1v) is 9.32. The topological polar surface area (TPSA) is 69.7 Å². The maximum absolute atomic E-state index is 12.6. The maximum Gasteiger partial charge on any atom is 0.253 e. The summed E-state index contributed by atoms with van der Waals surface area (Å²) in [5, 5.41) is 0. The monoisotopic (exact) mass is 349 g/mol. The Morgan fingerprint density at radius 2 is 2.04 bits per heavy atom. The SMILES string of the molecule is C#CCNS(=O)(=O)c1ccc(C(=O)N2CCC[C@@H](N(C)C)C2)cc1. The molecule has 0 aliphatic carbocycles. The molecule has 130 valence electrons. The van der Waals surface area contributed by atoms with Gasteiger partial charge >= 0.3 is 0 Å². The second kappa shape index (κ2) is 7.79. The Morgan fingerprint density at radius 3 is 2.62 bits per heavy atom. The molecule has 1 aromatic rings. The van der Waals surface area contributed by atoms with Gasteiger partial charge in [-0.05, 0) is 51.2 Å². The Bertz CT molecular complexity index is 720. The third-order valence-electron chi connectivity index (χ3n) is 4.19. The van der Waals surface area contributed by atoms with Crippen molar-refractivity contribution in [2.75, 3.05) is 33.7 Å². The molecule has 1 aromatic carbocycles. The van der Waals surface area contributed by atoms with Gasteiger partial charge in [0.1, 0.15) is 0 Å². The number of sulfonamides is 1. The lowest BCUT2D eigenvalue weighted by molar-refractivity contribution is 0.0635. The van der Waals surface area contributed by atoms with Crippen LogP contribution in [0.2, 0.25) is 0 Å².